The molecule has 9 heteroatoms. The molecule has 30 heavy (non-hydrogen) atoms. The van der Waals surface area contributed by atoms with Crippen molar-refractivity contribution in [1.29, 1.82) is 0 Å². The minimum Gasteiger partial charge on any atom is -0.396 e. The van der Waals surface area contributed by atoms with Gasteiger partial charge in [0.15, 0.2) is 5.96 Å². The topological polar surface area (TPSA) is 83.7 Å². The smallest absolute Gasteiger partial charge is 0.191 e. The molecule has 1 aliphatic rings. The van der Waals surface area contributed by atoms with Crippen LogP contribution in [0.2, 0.25) is 0 Å². The highest BCUT2D eigenvalue weighted by molar-refractivity contribution is 14.0. The molecule has 2 aromatic rings. The van der Waals surface area contributed by atoms with Gasteiger partial charge in [0.05, 0.1) is 18.8 Å². The zero-order chi connectivity index (χ0) is 20.7. The summed E-state index contributed by atoms with van der Waals surface area (Å²) in [7, 11) is 0. The molecule has 1 aromatic heterocycles. The van der Waals surface area contributed by atoms with Crippen LogP contribution in [0.25, 0.3) is 5.69 Å². The van der Waals surface area contributed by atoms with E-state index in [-0.39, 0.29) is 41.8 Å². The van der Waals surface area contributed by atoms with Crippen molar-refractivity contribution < 1.29 is 14.2 Å². The summed E-state index contributed by atoms with van der Waals surface area (Å²) in [6.45, 7) is 7.10. The van der Waals surface area contributed by atoms with E-state index in [0.29, 0.717) is 37.8 Å². The van der Waals surface area contributed by atoms with Gasteiger partial charge < -0.3 is 25.0 Å². The number of aliphatic imine (C=N–C) groups is 1. The van der Waals surface area contributed by atoms with E-state index in [4.69, 9.17) is 4.74 Å². The number of nitrogens with one attached hydrogen (secondary N) is 2. The number of imidazole rings is 1. The first-order valence-corrected chi connectivity index (χ1v) is 10.1. The summed E-state index contributed by atoms with van der Waals surface area (Å²) >= 11 is 0. The van der Waals surface area contributed by atoms with Crippen molar-refractivity contribution >= 4 is 29.9 Å². The first-order chi connectivity index (χ1) is 14.1. The van der Waals surface area contributed by atoms with Crippen LogP contribution < -0.4 is 10.6 Å². The molecule has 7 nitrogen and oxygen atoms in total. The molecule has 0 amide bonds. The minimum absolute atomic E-state index is 0. The Morgan fingerprint density at radius 3 is 2.83 bits per heavy atom. The Labute approximate surface area is 194 Å². The molecule has 0 spiro atoms. The molecule has 2 heterocycles. The maximum atomic E-state index is 14.6. The maximum absolute atomic E-state index is 14.6. The fraction of sp³-hybridized carbons (Fsp3) is 0.524. The third-order valence-corrected chi connectivity index (χ3v) is 5.32. The molecule has 0 radical (unpaired) electrons. The van der Waals surface area contributed by atoms with Gasteiger partial charge in [-0.2, -0.15) is 0 Å². The zero-order valence-corrected chi connectivity index (χ0v) is 19.9. The van der Waals surface area contributed by atoms with Crippen LogP contribution in [0.15, 0.2) is 35.6 Å². The van der Waals surface area contributed by atoms with Gasteiger partial charge >= 0.3 is 0 Å². The second kappa shape index (κ2) is 11.6. The summed E-state index contributed by atoms with van der Waals surface area (Å²) in [5.41, 5.74) is 1.20. The molecular formula is C21H31FIN5O2. The molecule has 166 valence electrons. The molecule has 1 atom stereocenters. The summed E-state index contributed by atoms with van der Waals surface area (Å²) < 4.78 is 21.8. The van der Waals surface area contributed by atoms with Gasteiger partial charge in [0.2, 0.25) is 0 Å². The number of benzene rings is 1. The van der Waals surface area contributed by atoms with Crippen LogP contribution in [0.3, 0.4) is 0 Å². The normalized spacial score (nSPS) is 18.9. The predicted octanol–water partition coefficient (Wildman–Crippen LogP) is 2.78. The molecule has 0 aliphatic carbocycles. The standard InChI is InChI=1S/C21H30FN5O2.HI/c1-3-23-20(26-14-21(6-10-28)7-11-29-15-21)25-13-17-4-5-19(18(22)12-17)27-9-8-24-16(27)2;/h4-5,8-9,12,28H,3,6-7,10-11,13-15H2,1-2H3,(H2,23,25,26);1H. The number of hydrogen-bond donors (Lipinski definition) is 3. The van der Waals surface area contributed by atoms with Crippen LogP contribution in [0.5, 0.6) is 0 Å². The van der Waals surface area contributed by atoms with Gasteiger partial charge in [0, 0.05) is 44.1 Å². The summed E-state index contributed by atoms with van der Waals surface area (Å²) in [6, 6.07) is 5.14. The third kappa shape index (κ3) is 6.14. The number of aromatic nitrogens is 2. The zero-order valence-electron chi connectivity index (χ0n) is 17.5. The van der Waals surface area contributed by atoms with Gasteiger partial charge in [-0.15, -0.1) is 24.0 Å². The Morgan fingerprint density at radius 1 is 1.40 bits per heavy atom. The molecule has 1 unspecified atom stereocenters. The van der Waals surface area contributed by atoms with E-state index in [0.717, 1.165) is 31.0 Å². The summed E-state index contributed by atoms with van der Waals surface area (Å²) in [6.07, 6.45) is 5.01. The second-order valence-electron chi connectivity index (χ2n) is 7.46. The van der Waals surface area contributed by atoms with E-state index >= 15 is 0 Å². The first kappa shape index (κ1) is 24.5. The number of nitrogens with zero attached hydrogens (tertiary/aromatic N) is 3. The van der Waals surface area contributed by atoms with Gasteiger partial charge in [-0.05, 0) is 44.4 Å². The van der Waals surface area contributed by atoms with E-state index in [1.807, 2.05) is 19.9 Å². The maximum Gasteiger partial charge on any atom is 0.191 e. The average molecular weight is 531 g/mol. The number of rotatable bonds is 8. The number of hydrogen-bond acceptors (Lipinski definition) is 4. The molecule has 1 aromatic carbocycles. The van der Waals surface area contributed by atoms with Crippen molar-refractivity contribution in [3.63, 3.8) is 0 Å². The Balaban J connectivity index is 0.00000320. The highest BCUT2D eigenvalue weighted by Gasteiger charge is 2.34. The van der Waals surface area contributed by atoms with Crippen molar-refractivity contribution in [3.05, 3.63) is 47.8 Å². The van der Waals surface area contributed by atoms with Crippen LogP contribution in [-0.2, 0) is 11.3 Å². The lowest BCUT2D eigenvalue weighted by atomic mass is 9.84. The van der Waals surface area contributed by atoms with Gasteiger partial charge in [-0.25, -0.2) is 14.4 Å². The van der Waals surface area contributed by atoms with Crippen LogP contribution in [0.4, 0.5) is 4.39 Å². The van der Waals surface area contributed by atoms with Crippen molar-refractivity contribution in [2.24, 2.45) is 10.4 Å². The summed E-state index contributed by atoms with van der Waals surface area (Å²) in [4.78, 5) is 8.73. The van der Waals surface area contributed by atoms with Gasteiger partial charge in [-0.1, -0.05) is 6.07 Å². The summed E-state index contributed by atoms with van der Waals surface area (Å²) in [5, 5.41) is 16.0. The molecule has 3 N–H and O–H groups in total. The quantitative estimate of drug-likeness (QED) is 0.277. The molecule has 0 bridgehead atoms. The lowest BCUT2D eigenvalue weighted by molar-refractivity contribution is 0.127. The highest BCUT2D eigenvalue weighted by atomic mass is 127. The average Bonchev–Trinajstić information content (AvgIpc) is 3.34. The minimum atomic E-state index is -0.304. The van der Waals surface area contributed by atoms with E-state index in [2.05, 4.69) is 20.6 Å². The molecule has 1 aliphatic heterocycles. The van der Waals surface area contributed by atoms with Gasteiger partial charge in [0.25, 0.3) is 0 Å². The Hall–Kier alpha value is -1.72. The monoisotopic (exact) mass is 531 g/mol. The van der Waals surface area contributed by atoms with Crippen LogP contribution in [-0.4, -0.2) is 53.5 Å². The van der Waals surface area contributed by atoms with Gasteiger partial charge in [0.1, 0.15) is 11.6 Å². The number of aryl methyl sites for hydroxylation is 1. The van der Waals surface area contributed by atoms with Crippen molar-refractivity contribution in [2.45, 2.75) is 33.2 Å². The van der Waals surface area contributed by atoms with E-state index in [1.54, 1.807) is 23.0 Å². The van der Waals surface area contributed by atoms with Crippen LogP contribution >= 0.6 is 24.0 Å². The fourth-order valence-corrected chi connectivity index (χ4v) is 3.57. The Kier molecular flexibility index (Phi) is 9.50. The molecular weight excluding hydrogens is 500 g/mol. The first-order valence-electron chi connectivity index (χ1n) is 10.1. The van der Waals surface area contributed by atoms with Crippen LogP contribution in [0, 0.1) is 18.2 Å². The second-order valence-corrected chi connectivity index (χ2v) is 7.46. The number of ether oxygens (including phenoxy) is 1. The van der Waals surface area contributed by atoms with E-state index < -0.39 is 0 Å². The molecule has 0 saturated carbocycles. The van der Waals surface area contributed by atoms with E-state index in [1.165, 1.54) is 6.07 Å². The molecule has 3 rings (SSSR count). The highest BCUT2D eigenvalue weighted by Crippen LogP contribution is 2.31. The van der Waals surface area contributed by atoms with Gasteiger partial charge in [-0.3, -0.25) is 0 Å². The summed E-state index contributed by atoms with van der Waals surface area (Å²) in [5.74, 6) is 1.11. The molecule has 1 saturated heterocycles. The Morgan fingerprint density at radius 2 is 2.23 bits per heavy atom. The SMILES string of the molecule is CCNC(=NCc1ccc(-n2ccnc2C)c(F)c1)NCC1(CCO)CCOC1.I. The lowest BCUT2D eigenvalue weighted by Crippen LogP contribution is -2.44. The van der Waals surface area contributed by atoms with E-state index in [9.17, 15) is 9.50 Å². The third-order valence-electron chi connectivity index (χ3n) is 5.32. The lowest BCUT2D eigenvalue weighted by Gasteiger charge is -2.27. The predicted molar refractivity (Wildman–Crippen MR) is 126 cm³/mol. The Bertz CT molecular complexity index is 837. The molecule has 1 fully saturated rings. The number of aliphatic hydroxyl groups excluding tert-OH is 1. The van der Waals surface area contributed by atoms with Crippen molar-refractivity contribution in [1.82, 2.24) is 20.2 Å². The van der Waals surface area contributed by atoms with Crippen molar-refractivity contribution in [3.8, 4) is 5.69 Å². The fourth-order valence-electron chi connectivity index (χ4n) is 3.57. The number of guanidine groups is 1. The largest absolute Gasteiger partial charge is 0.396 e. The number of aliphatic hydroxyl groups is 1. The number of halogens is 2. The van der Waals surface area contributed by atoms with Crippen molar-refractivity contribution in [2.75, 3.05) is 32.9 Å². The van der Waals surface area contributed by atoms with Crippen LogP contribution in [0.1, 0.15) is 31.2 Å².